The number of Topliss-reactive ketones (excluding diaryl/α,β-unsaturated/α-hetero) is 1. The summed E-state index contributed by atoms with van der Waals surface area (Å²) in [4.78, 5) is 21.5. The van der Waals surface area contributed by atoms with E-state index in [9.17, 15) is 9.90 Å². The van der Waals surface area contributed by atoms with Gasteiger partial charge in [-0.15, -0.1) is 0 Å². The average Bonchev–Trinajstić information content (AvgIpc) is 2.63. The number of aromatic nitrogens is 2. The number of hydrogen-bond donors (Lipinski definition) is 1. The third-order valence-electron chi connectivity index (χ3n) is 4.79. The van der Waals surface area contributed by atoms with E-state index in [2.05, 4.69) is 9.97 Å². The molecule has 2 aromatic heterocycles. The molecule has 0 aliphatic heterocycles. The summed E-state index contributed by atoms with van der Waals surface area (Å²) in [5, 5.41) is 11.7. The predicted molar refractivity (Wildman–Crippen MR) is 96.7 cm³/mol. The van der Waals surface area contributed by atoms with Gasteiger partial charge in [0, 0.05) is 22.6 Å². The highest BCUT2D eigenvalue weighted by atomic mass is 35.5. The molecule has 0 spiro atoms. The normalized spacial score (nSPS) is 19.8. The summed E-state index contributed by atoms with van der Waals surface area (Å²) >= 11 is 5.93. The van der Waals surface area contributed by atoms with Crippen LogP contribution < -0.4 is 0 Å². The first-order valence-corrected chi connectivity index (χ1v) is 8.73. The van der Waals surface area contributed by atoms with Crippen molar-refractivity contribution in [1.29, 1.82) is 0 Å². The number of halogens is 1. The number of aryl methyl sites for hydroxylation is 1. The molecule has 1 aliphatic rings. The van der Waals surface area contributed by atoms with E-state index in [1.807, 2.05) is 36.4 Å². The highest BCUT2D eigenvalue weighted by molar-refractivity contribution is 6.29. The van der Waals surface area contributed by atoms with E-state index in [4.69, 9.17) is 11.6 Å². The van der Waals surface area contributed by atoms with Crippen LogP contribution in [0.1, 0.15) is 40.6 Å². The van der Waals surface area contributed by atoms with Gasteiger partial charge in [-0.3, -0.25) is 4.79 Å². The van der Waals surface area contributed by atoms with Crippen LogP contribution in [-0.2, 0) is 6.42 Å². The second kappa shape index (κ2) is 6.54. The predicted octanol–water partition coefficient (Wildman–Crippen LogP) is 4.15. The maximum absolute atomic E-state index is 12.7. The summed E-state index contributed by atoms with van der Waals surface area (Å²) < 4.78 is 0. The zero-order chi connectivity index (χ0) is 17.4. The summed E-state index contributed by atoms with van der Waals surface area (Å²) in [7, 11) is 0. The standard InChI is InChI=1S/C20H17ClN2O2/c21-18-10-7-12-5-8-14(22-20(12)23-18)9-6-13-11-17(24)15-3-1-2-4-16(15)19(13)25/h1-5,7-8,10,13,17,24H,6,9,11H2. The van der Waals surface area contributed by atoms with Crippen LogP contribution in [0, 0.1) is 5.92 Å². The van der Waals surface area contributed by atoms with Crippen molar-refractivity contribution in [2.45, 2.75) is 25.4 Å². The monoisotopic (exact) mass is 352 g/mol. The molecule has 1 aliphatic carbocycles. The molecule has 1 N–H and O–H groups in total. The molecular formula is C20H17ClN2O2. The summed E-state index contributed by atoms with van der Waals surface area (Å²) in [5.74, 6) is -0.0717. The third-order valence-corrected chi connectivity index (χ3v) is 5.00. The number of nitrogens with zero attached hydrogens (tertiary/aromatic N) is 2. The molecule has 4 nitrogen and oxygen atoms in total. The number of hydrogen-bond acceptors (Lipinski definition) is 4. The first-order valence-electron chi connectivity index (χ1n) is 8.35. The van der Waals surface area contributed by atoms with Crippen molar-refractivity contribution in [2.75, 3.05) is 0 Å². The van der Waals surface area contributed by atoms with Gasteiger partial charge in [-0.1, -0.05) is 35.9 Å². The first-order chi connectivity index (χ1) is 12.1. The Morgan fingerprint density at radius 3 is 2.76 bits per heavy atom. The van der Waals surface area contributed by atoms with Gasteiger partial charge in [-0.25, -0.2) is 9.97 Å². The number of aliphatic hydroxyl groups is 1. The van der Waals surface area contributed by atoms with Gasteiger partial charge in [0.1, 0.15) is 5.15 Å². The van der Waals surface area contributed by atoms with Crippen molar-refractivity contribution in [3.05, 3.63) is 70.5 Å². The van der Waals surface area contributed by atoms with Crippen molar-refractivity contribution in [2.24, 2.45) is 5.92 Å². The van der Waals surface area contributed by atoms with Crippen molar-refractivity contribution < 1.29 is 9.90 Å². The highest BCUT2D eigenvalue weighted by Crippen LogP contribution is 2.35. The molecule has 0 saturated carbocycles. The number of carbonyl (C=O) groups excluding carboxylic acids is 1. The fourth-order valence-electron chi connectivity index (χ4n) is 3.46. The lowest BCUT2D eigenvalue weighted by molar-refractivity contribution is 0.0763. The topological polar surface area (TPSA) is 63.1 Å². The van der Waals surface area contributed by atoms with E-state index >= 15 is 0 Å². The van der Waals surface area contributed by atoms with Gasteiger partial charge in [0.2, 0.25) is 0 Å². The molecule has 1 aromatic carbocycles. The minimum Gasteiger partial charge on any atom is -0.388 e. The maximum atomic E-state index is 12.7. The van der Waals surface area contributed by atoms with E-state index in [0.717, 1.165) is 16.6 Å². The minimum absolute atomic E-state index is 0.114. The van der Waals surface area contributed by atoms with E-state index in [0.29, 0.717) is 35.6 Å². The minimum atomic E-state index is -0.580. The second-order valence-electron chi connectivity index (χ2n) is 6.42. The van der Waals surface area contributed by atoms with E-state index < -0.39 is 6.10 Å². The van der Waals surface area contributed by atoms with E-state index in [1.165, 1.54) is 0 Å². The number of ketones is 1. The Bertz CT molecular complexity index is 957. The van der Waals surface area contributed by atoms with Crippen molar-refractivity contribution in [3.8, 4) is 0 Å². The Morgan fingerprint density at radius 1 is 1.08 bits per heavy atom. The van der Waals surface area contributed by atoms with Gasteiger partial charge < -0.3 is 5.11 Å². The van der Waals surface area contributed by atoms with Crippen LogP contribution in [0.4, 0.5) is 0 Å². The summed E-state index contributed by atoms with van der Waals surface area (Å²) in [6, 6.07) is 14.9. The Labute approximate surface area is 150 Å². The number of benzene rings is 1. The SMILES string of the molecule is O=C1c2ccccc2C(O)CC1CCc1ccc2ccc(Cl)nc2n1. The number of pyridine rings is 2. The quantitative estimate of drug-likeness (QED) is 0.719. The Morgan fingerprint density at radius 2 is 1.88 bits per heavy atom. The number of rotatable bonds is 3. The van der Waals surface area contributed by atoms with Crippen LogP contribution in [0.2, 0.25) is 5.15 Å². The zero-order valence-corrected chi connectivity index (χ0v) is 14.3. The molecule has 0 amide bonds. The fourth-order valence-corrected chi connectivity index (χ4v) is 3.60. The molecule has 0 saturated heterocycles. The van der Waals surface area contributed by atoms with Gasteiger partial charge in [0.05, 0.1) is 6.10 Å². The lowest BCUT2D eigenvalue weighted by Crippen LogP contribution is -2.26. The van der Waals surface area contributed by atoms with Gasteiger partial charge in [-0.05, 0) is 49.1 Å². The van der Waals surface area contributed by atoms with Crippen LogP contribution >= 0.6 is 11.6 Å². The molecule has 5 heteroatoms. The second-order valence-corrected chi connectivity index (χ2v) is 6.81. The smallest absolute Gasteiger partial charge is 0.166 e. The molecule has 4 rings (SSSR count). The fraction of sp³-hybridized carbons (Fsp3) is 0.250. The molecule has 0 fully saturated rings. The van der Waals surface area contributed by atoms with Gasteiger partial charge in [0.25, 0.3) is 0 Å². The summed E-state index contributed by atoms with van der Waals surface area (Å²) in [6.07, 6.45) is 1.20. The maximum Gasteiger partial charge on any atom is 0.166 e. The molecule has 2 heterocycles. The lowest BCUT2D eigenvalue weighted by Gasteiger charge is -2.27. The molecular weight excluding hydrogens is 336 g/mol. The van der Waals surface area contributed by atoms with Gasteiger partial charge >= 0.3 is 0 Å². The summed E-state index contributed by atoms with van der Waals surface area (Å²) in [6.45, 7) is 0. The van der Waals surface area contributed by atoms with Crippen molar-refractivity contribution in [1.82, 2.24) is 9.97 Å². The molecule has 126 valence electrons. The first kappa shape index (κ1) is 16.2. The number of fused-ring (bicyclic) bond motifs is 2. The Kier molecular flexibility index (Phi) is 4.24. The average molecular weight is 353 g/mol. The van der Waals surface area contributed by atoms with Gasteiger partial charge in [0.15, 0.2) is 11.4 Å². The largest absolute Gasteiger partial charge is 0.388 e. The molecule has 25 heavy (non-hydrogen) atoms. The van der Waals surface area contributed by atoms with E-state index in [-0.39, 0.29) is 11.7 Å². The lowest BCUT2D eigenvalue weighted by atomic mass is 9.79. The summed E-state index contributed by atoms with van der Waals surface area (Å²) in [5.41, 5.74) is 2.88. The van der Waals surface area contributed by atoms with Crippen LogP contribution in [-0.4, -0.2) is 20.9 Å². The van der Waals surface area contributed by atoms with Crippen LogP contribution in [0.25, 0.3) is 11.0 Å². The van der Waals surface area contributed by atoms with Crippen molar-refractivity contribution in [3.63, 3.8) is 0 Å². The van der Waals surface area contributed by atoms with E-state index in [1.54, 1.807) is 12.1 Å². The zero-order valence-electron chi connectivity index (χ0n) is 13.5. The van der Waals surface area contributed by atoms with Crippen molar-refractivity contribution >= 4 is 28.4 Å². The third kappa shape index (κ3) is 3.15. The Hall–Kier alpha value is -2.30. The van der Waals surface area contributed by atoms with Crippen LogP contribution in [0.3, 0.4) is 0 Å². The highest BCUT2D eigenvalue weighted by Gasteiger charge is 2.32. The molecule has 2 atom stereocenters. The molecule has 3 aromatic rings. The van der Waals surface area contributed by atoms with Crippen LogP contribution in [0.15, 0.2) is 48.5 Å². The van der Waals surface area contributed by atoms with Gasteiger partial charge in [-0.2, -0.15) is 0 Å². The number of aliphatic hydroxyl groups excluding tert-OH is 1. The molecule has 0 bridgehead atoms. The number of carbonyl (C=O) groups is 1. The molecule has 0 radical (unpaired) electrons. The molecule has 2 unspecified atom stereocenters. The van der Waals surface area contributed by atoms with Crippen LogP contribution in [0.5, 0.6) is 0 Å². The Balaban J connectivity index is 1.53.